The number of fused-ring (bicyclic) bond motifs is 1. The highest BCUT2D eigenvalue weighted by Gasteiger charge is 2.22. The Kier molecular flexibility index (Phi) is 4.04. The van der Waals surface area contributed by atoms with Crippen molar-refractivity contribution in [3.8, 4) is 5.75 Å². The van der Waals surface area contributed by atoms with E-state index in [4.69, 9.17) is 9.15 Å². The lowest BCUT2D eigenvalue weighted by atomic mass is 10.1. The van der Waals surface area contributed by atoms with Crippen molar-refractivity contribution < 1.29 is 13.9 Å². The third-order valence-electron chi connectivity index (χ3n) is 3.81. The van der Waals surface area contributed by atoms with Crippen LogP contribution in [0.5, 0.6) is 5.75 Å². The summed E-state index contributed by atoms with van der Waals surface area (Å²) in [6.07, 6.45) is 0. The summed E-state index contributed by atoms with van der Waals surface area (Å²) in [7, 11) is 3.34. The number of hydrogen-bond donors (Lipinski definition) is 0. The monoisotopic (exact) mass is 331 g/mol. The molecule has 120 valence electrons. The number of aromatic nitrogens is 2. The fraction of sp³-hybridized carbons (Fsp3) is 0.312. The quantitative estimate of drug-likeness (QED) is 0.734. The molecular formula is C16H17N3O3S. The standard InChI is InChI=1S/C16H17N3O3S/c1-9-12-6-5-11(21-4)7-13(12)22-15(9)16(20)19(3)8-14-10(2)17-18-23-14/h5-7H,8H2,1-4H3. The summed E-state index contributed by atoms with van der Waals surface area (Å²) in [5.41, 5.74) is 2.33. The Morgan fingerprint density at radius 1 is 1.39 bits per heavy atom. The van der Waals surface area contributed by atoms with Crippen LogP contribution in [0, 0.1) is 13.8 Å². The zero-order chi connectivity index (χ0) is 16.6. The van der Waals surface area contributed by atoms with Gasteiger partial charge >= 0.3 is 0 Å². The fourth-order valence-electron chi connectivity index (χ4n) is 2.39. The van der Waals surface area contributed by atoms with Crippen LogP contribution in [0.25, 0.3) is 11.0 Å². The highest BCUT2D eigenvalue weighted by atomic mass is 32.1. The molecule has 1 amide bonds. The lowest BCUT2D eigenvalue weighted by molar-refractivity contribution is 0.0756. The predicted octanol–water partition coefficient (Wildman–Crippen LogP) is 3.18. The molecule has 2 aromatic heterocycles. The molecule has 0 bridgehead atoms. The normalized spacial score (nSPS) is 11.0. The van der Waals surface area contributed by atoms with E-state index in [2.05, 4.69) is 9.59 Å². The van der Waals surface area contributed by atoms with Crippen LogP contribution in [-0.2, 0) is 6.54 Å². The average Bonchev–Trinajstić information content (AvgIpc) is 3.10. The predicted molar refractivity (Wildman–Crippen MR) is 87.9 cm³/mol. The molecule has 0 aliphatic carbocycles. The molecule has 0 aliphatic heterocycles. The lowest BCUT2D eigenvalue weighted by Crippen LogP contribution is -2.26. The van der Waals surface area contributed by atoms with Crippen LogP contribution in [0.4, 0.5) is 0 Å². The smallest absolute Gasteiger partial charge is 0.289 e. The number of carbonyl (C=O) groups excluding carboxylic acids is 1. The summed E-state index contributed by atoms with van der Waals surface area (Å²) in [6.45, 7) is 4.23. The number of methoxy groups -OCH3 is 1. The molecule has 2 heterocycles. The first kappa shape index (κ1) is 15.5. The molecule has 0 aliphatic rings. The Bertz CT molecular complexity index is 869. The number of aryl methyl sites for hydroxylation is 2. The van der Waals surface area contributed by atoms with Crippen LogP contribution >= 0.6 is 11.5 Å². The van der Waals surface area contributed by atoms with Crippen LogP contribution in [0.3, 0.4) is 0 Å². The van der Waals surface area contributed by atoms with E-state index >= 15 is 0 Å². The molecule has 0 radical (unpaired) electrons. The third-order valence-corrected chi connectivity index (χ3v) is 4.62. The second kappa shape index (κ2) is 6.00. The second-order valence-electron chi connectivity index (χ2n) is 5.36. The molecular weight excluding hydrogens is 314 g/mol. The van der Waals surface area contributed by atoms with Gasteiger partial charge in [-0.25, -0.2) is 0 Å². The number of furan rings is 1. The minimum atomic E-state index is -0.162. The Morgan fingerprint density at radius 2 is 2.17 bits per heavy atom. The number of nitrogens with zero attached hydrogens (tertiary/aromatic N) is 3. The number of carbonyl (C=O) groups is 1. The summed E-state index contributed by atoms with van der Waals surface area (Å²) in [4.78, 5) is 15.3. The number of benzene rings is 1. The topological polar surface area (TPSA) is 68.5 Å². The Labute approximate surface area is 137 Å². The zero-order valence-corrected chi connectivity index (χ0v) is 14.2. The Hall–Kier alpha value is -2.41. The molecule has 0 unspecified atom stereocenters. The summed E-state index contributed by atoms with van der Waals surface area (Å²) in [6, 6.07) is 5.55. The first-order chi connectivity index (χ1) is 11.0. The molecule has 0 saturated heterocycles. The molecule has 0 spiro atoms. The summed E-state index contributed by atoms with van der Waals surface area (Å²) >= 11 is 1.30. The molecule has 0 atom stereocenters. The Morgan fingerprint density at radius 3 is 2.83 bits per heavy atom. The summed E-state index contributed by atoms with van der Waals surface area (Å²) < 4.78 is 14.9. The van der Waals surface area contributed by atoms with Crippen LogP contribution in [0.1, 0.15) is 26.7 Å². The van der Waals surface area contributed by atoms with Gasteiger partial charge in [0.25, 0.3) is 5.91 Å². The molecule has 0 N–H and O–H groups in total. The van der Waals surface area contributed by atoms with Gasteiger partial charge in [-0.1, -0.05) is 4.49 Å². The Balaban J connectivity index is 1.91. The fourth-order valence-corrected chi connectivity index (χ4v) is 3.08. The third kappa shape index (κ3) is 2.79. The molecule has 7 heteroatoms. The summed E-state index contributed by atoms with van der Waals surface area (Å²) in [5, 5.41) is 4.88. The molecule has 3 rings (SSSR count). The molecule has 6 nitrogen and oxygen atoms in total. The highest BCUT2D eigenvalue weighted by Crippen LogP contribution is 2.29. The van der Waals surface area contributed by atoms with Gasteiger partial charge in [0.05, 0.1) is 24.2 Å². The summed E-state index contributed by atoms with van der Waals surface area (Å²) in [5.74, 6) is 0.890. The molecule has 23 heavy (non-hydrogen) atoms. The van der Waals surface area contributed by atoms with Crippen molar-refractivity contribution in [3.63, 3.8) is 0 Å². The van der Waals surface area contributed by atoms with E-state index in [0.29, 0.717) is 23.6 Å². The van der Waals surface area contributed by atoms with E-state index in [1.54, 1.807) is 25.1 Å². The van der Waals surface area contributed by atoms with Gasteiger partial charge in [0.2, 0.25) is 0 Å². The van der Waals surface area contributed by atoms with Crippen molar-refractivity contribution in [1.29, 1.82) is 0 Å². The van der Waals surface area contributed by atoms with E-state index in [-0.39, 0.29) is 5.91 Å². The van der Waals surface area contributed by atoms with Crippen molar-refractivity contribution >= 4 is 28.4 Å². The molecule has 1 aromatic carbocycles. The van der Waals surface area contributed by atoms with Crippen molar-refractivity contribution in [2.24, 2.45) is 0 Å². The average molecular weight is 331 g/mol. The molecule has 3 aromatic rings. The maximum absolute atomic E-state index is 12.7. The van der Waals surface area contributed by atoms with E-state index in [1.807, 2.05) is 26.0 Å². The van der Waals surface area contributed by atoms with E-state index in [9.17, 15) is 4.79 Å². The number of hydrogen-bond acceptors (Lipinski definition) is 6. The van der Waals surface area contributed by atoms with Gasteiger partial charge in [-0.2, -0.15) is 0 Å². The largest absolute Gasteiger partial charge is 0.497 e. The molecule has 0 saturated carbocycles. The van der Waals surface area contributed by atoms with Gasteiger partial charge in [-0.3, -0.25) is 4.79 Å². The van der Waals surface area contributed by atoms with Gasteiger partial charge < -0.3 is 14.1 Å². The van der Waals surface area contributed by atoms with E-state index in [1.165, 1.54) is 11.5 Å². The minimum Gasteiger partial charge on any atom is -0.497 e. The highest BCUT2D eigenvalue weighted by molar-refractivity contribution is 7.05. The van der Waals surface area contributed by atoms with Gasteiger partial charge in [0, 0.05) is 24.1 Å². The zero-order valence-electron chi connectivity index (χ0n) is 13.4. The number of amides is 1. The minimum absolute atomic E-state index is 0.162. The first-order valence-corrected chi connectivity index (χ1v) is 7.89. The maximum Gasteiger partial charge on any atom is 0.289 e. The van der Waals surface area contributed by atoms with Crippen LogP contribution in [0.2, 0.25) is 0 Å². The van der Waals surface area contributed by atoms with E-state index in [0.717, 1.165) is 21.5 Å². The van der Waals surface area contributed by atoms with Gasteiger partial charge in [-0.05, 0) is 37.5 Å². The molecule has 0 fully saturated rings. The van der Waals surface area contributed by atoms with E-state index < -0.39 is 0 Å². The van der Waals surface area contributed by atoms with Crippen molar-refractivity contribution in [1.82, 2.24) is 14.5 Å². The van der Waals surface area contributed by atoms with Crippen LogP contribution < -0.4 is 4.74 Å². The van der Waals surface area contributed by atoms with Crippen LogP contribution in [-0.4, -0.2) is 34.6 Å². The maximum atomic E-state index is 12.7. The second-order valence-corrected chi connectivity index (χ2v) is 6.20. The number of rotatable bonds is 4. The first-order valence-electron chi connectivity index (χ1n) is 7.11. The SMILES string of the molecule is COc1ccc2c(C)c(C(=O)N(C)Cc3snnc3C)oc2c1. The van der Waals surface area contributed by atoms with Crippen molar-refractivity contribution in [2.75, 3.05) is 14.2 Å². The number of ether oxygens (including phenoxy) is 1. The van der Waals surface area contributed by atoms with Gasteiger partial charge in [-0.15, -0.1) is 5.10 Å². The lowest BCUT2D eigenvalue weighted by Gasteiger charge is -2.15. The van der Waals surface area contributed by atoms with Gasteiger partial charge in [0.15, 0.2) is 5.76 Å². The van der Waals surface area contributed by atoms with Crippen molar-refractivity contribution in [2.45, 2.75) is 20.4 Å². The van der Waals surface area contributed by atoms with Crippen LogP contribution in [0.15, 0.2) is 22.6 Å². The van der Waals surface area contributed by atoms with Crippen molar-refractivity contribution in [3.05, 3.63) is 40.1 Å². The van der Waals surface area contributed by atoms with Gasteiger partial charge in [0.1, 0.15) is 11.3 Å².